The van der Waals surface area contributed by atoms with Crippen molar-refractivity contribution in [1.29, 1.82) is 0 Å². The molecule has 1 aromatic rings. The van der Waals surface area contributed by atoms with Crippen molar-refractivity contribution < 1.29 is 19.1 Å². The highest BCUT2D eigenvalue weighted by molar-refractivity contribution is 6.39. The van der Waals surface area contributed by atoms with Gasteiger partial charge in [0.05, 0.1) is 18.8 Å². The summed E-state index contributed by atoms with van der Waals surface area (Å²) in [5, 5.41) is 7.95. The fraction of sp³-hybridized carbons (Fsp3) is 0.400. The minimum Gasteiger partial charge on any atom is -0.376 e. The number of ether oxygens (including phenoxy) is 1. The Hall–Kier alpha value is -2.41. The minimum atomic E-state index is -0.728. The predicted molar refractivity (Wildman–Crippen MR) is 78.5 cm³/mol. The molecule has 2 aliphatic heterocycles. The van der Waals surface area contributed by atoms with E-state index in [0.29, 0.717) is 37.4 Å². The summed E-state index contributed by atoms with van der Waals surface area (Å²) in [6, 6.07) is 4.99. The van der Waals surface area contributed by atoms with Crippen molar-refractivity contribution in [3.05, 3.63) is 29.3 Å². The van der Waals surface area contributed by atoms with Gasteiger partial charge in [-0.05, 0) is 37.1 Å². The number of hydrogen-bond acceptors (Lipinski definition) is 4. The molecule has 0 atom stereocenters. The molecular weight excluding hydrogens is 286 g/mol. The number of carbonyl (C=O) groups excluding carboxylic acids is 3. The number of nitrogens with one attached hydrogen (secondary N) is 3. The Morgan fingerprint density at radius 2 is 2.05 bits per heavy atom. The lowest BCUT2D eigenvalue weighted by Crippen LogP contribution is -2.61. The van der Waals surface area contributed by atoms with Crippen LogP contribution in [0.2, 0.25) is 0 Å². The highest BCUT2D eigenvalue weighted by Crippen LogP contribution is 2.19. The van der Waals surface area contributed by atoms with Gasteiger partial charge in [0.1, 0.15) is 0 Å². The van der Waals surface area contributed by atoms with E-state index in [1.54, 1.807) is 18.2 Å². The summed E-state index contributed by atoms with van der Waals surface area (Å²) in [5.41, 5.74) is 1.50. The van der Waals surface area contributed by atoms with Crippen LogP contribution >= 0.6 is 0 Å². The molecule has 3 rings (SSSR count). The average Bonchev–Trinajstić information content (AvgIpc) is 2.45. The zero-order chi connectivity index (χ0) is 15.7. The number of hydrogen-bond donors (Lipinski definition) is 3. The molecule has 1 saturated heterocycles. The van der Waals surface area contributed by atoms with Crippen LogP contribution in [0.1, 0.15) is 22.8 Å². The molecule has 0 spiro atoms. The quantitative estimate of drug-likeness (QED) is 0.660. The summed E-state index contributed by atoms with van der Waals surface area (Å²) < 4.78 is 5.02. The molecule has 3 amide bonds. The Balaban J connectivity index is 1.66. The van der Waals surface area contributed by atoms with Gasteiger partial charge in [-0.15, -0.1) is 0 Å². The van der Waals surface area contributed by atoms with E-state index in [2.05, 4.69) is 16.0 Å². The van der Waals surface area contributed by atoms with Gasteiger partial charge >= 0.3 is 11.8 Å². The molecule has 2 aliphatic rings. The van der Waals surface area contributed by atoms with Crippen molar-refractivity contribution in [2.45, 2.75) is 18.9 Å². The van der Waals surface area contributed by atoms with Gasteiger partial charge in [-0.25, -0.2) is 0 Å². The van der Waals surface area contributed by atoms with Crippen LogP contribution in [0, 0.1) is 0 Å². The molecular formula is C15H17N3O4. The Labute approximate surface area is 127 Å². The second kappa shape index (κ2) is 5.42. The fourth-order valence-corrected chi connectivity index (χ4v) is 2.50. The Morgan fingerprint density at radius 3 is 2.73 bits per heavy atom. The molecule has 3 N–H and O–H groups in total. The third-order valence-corrected chi connectivity index (χ3v) is 3.75. The monoisotopic (exact) mass is 303 g/mol. The third-order valence-electron chi connectivity index (χ3n) is 3.75. The second-order valence-electron chi connectivity index (χ2n) is 5.84. The van der Waals surface area contributed by atoms with Crippen LogP contribution in [-0.4, -0.2) is 43.0 Å². The van der Waals surface area contributed by atoms with E-state index in [9.17, 15) is 14.4 Å². The van der Waals surface area contributed by atoms with Gasteiger partial charge in [-0.3, -0.25) is 14.4 Å². The first kappa shape index (κ1) is 14.5. The van der Waals surface area contributed by atoms with Gasteiger partial charge in [-0.2, -0.15) is 0 Å². The van der Waals surface area contributed by atoms with Gasteiger partial charge < -0.3 is 20.7 Å². The molecule has 1 fully saturated rings. The maximum absolute atomic E-state index is 11.9. The van der Waals surface area contributed by atoms with E-state index >= 15 is 0 Å². The summed E-state index contributed by atoms with van der Waals surface area (Å²) in [7, 11) is 0. The van der Waals surface area contributed by atoms with Crippen molar-refractivity contribution in [2.75, 3.05) is 25.1 Å². The zero-order valence-corrected chi connectivity index (χ0v) is 12.2. The summed E-state index contributed by atoms with van der Waals surface area (Å²) in [6.07, 6.45) is 0.701. The van der Waals surface area contributed by atoms with E-state index < -0.39 is 17.4 Å². The molecule has 2 heterocycles. The smallest absolute Gasteiger partial charge is 0.313 e. The van der Waals surface area contributed by atoms with Gasteiger partial charge in [0.25, 0.3) is 5.91 Å². The van der Waals surface area contributed by atoms with Gasteiger partial charge in [-0.1, -0.05) is 0 Å². The molecule has 22 heavy (non-hydrogen) atoms. The van der Waals surface area contributed by atoms with E-state index in [-0.39, 0.29) is 5.91 Å². The molecule has 0 unspecified atom stereocenters. The van der Waals surface area contributed by atoms with Crippen LogP contribution in [0.25, 0.3) is 0 Å². The van der Waals surface area contributed by atoms with Crippen LogP contribution in [-0.2, 0) is 20.7 Å². The lowest BCUT2D eigenvalue weighted by molar-refractivity contribution is -0.142. The van der Waals surface area contributed by atoms with Crippen LogP contribution in [0.4, 0.5) is 5.69 Å². The summed E-state index contributed by atoms with van der Waals surface area (Å²) >= 11 is 0. The SMILES string of the molecule is CC1(NC(=O)C(=O)Nc2ccc3c(c2)CCNC3=O)COC1. The van der Waals surface area contributed by atoms with Gasteiger partial charge in [0.2, 0.25) is 0 Å². The number of fused-ring (bicyclic) bond motifs is 1. The van der Waals surface area contributed by atoms with Crippen molar-refractivity contribution in [1.82, 2.24) is 10.6 Å². The Morgan fingerprint density at radius 1 is 1.27 bits per heavy atom. The predicted octanol–water partition coefficient (Wildman–Crippen LogP) is -0.184. The molecule has 0 radical (unpaired) electrons. The number of amides is 3. The molecule has 7 nitrogen and oxygen atoms in total. The lowest BCUT2D eigenvalue weighted by Gasteiger charge is -2.38. The van der Waals surface area contributed by atoms with Crippen LogP contribution in [0.3, 0.4) is 0 Å². The van der Waals surface area contributed by atoms with E-state index in [4.69, 9.17) is 4.74 Å². The molecule has 7 heteroatoms. The second-order valence-corrected chi connectivity index (χ2v) is 5.84. The maximum atomic E-state index is 11.9. The zero-order valence-electron chi connectivity index (χ0n) is 12.2. The summed E-state index contributed by atoms with van der Waals surface area (Å²) in [4.78, 5) is 35.4. The molecule has 0 saturated carbocycles. The van der Waals surface area contributed by atoms with Crippen LogP contribution in [0.15, 0.2) is 18.2 Å². The van der Waals surface area contributed by atoms with Gasteiger partial charge in [0.15, 0.2) is 0 Å². The molecule has 1 aromatic carbocycles. The molecule has 0 bridgehead atoms. The minimum absolute atomic E-state index is 0.116. The highest BCUT2D eigenvalue weighted by atomic mass is 16.5. The standard InChI is InChI=1S/C15H17N3O4/c1-15(7-22-8-15)18-14(21)13(20)17-10-2-3-11-9(6-10)4-5-16-12(11)19/h2-3,6H,4-5,7-8H2,1H3,(H,16,19)(H,17,20)(H,18,21). The molecule has 0 aromatic heterocycles. The number of benzene rings is 1. The normalized spacial score (nSPS) is 18.5. The number of carbonyl (C=O) groups is 3. The number of rotatable bonds is 2. The fourth-order valence-electron chi connectivity index (χ4n) is 2.50. The largest absolute Gasteiger partial charge is 0.376 e. The summed E-state index contributed by atoms with van der Waals surface area (Å²) in [6.45, 7) is 3.20. The average molecular weight is 303 g/mol. The third kappa shape index (κ3) is 2.80. The lowest BCUT2D eigenvalue weighted by atomic mass is 9.99. The van der Waals surface area contributed by atoms with Crippen molar-refractivity contribution in [3.63, 3.8) is 0 Å². The van der Waals surface area contributed by atoms with Crippen molar-refractivity contribution in [3.8, 4) is 0 Å². The Bertz CT molecular complexity index is 652. The van der Waals surface area contributed by atoms with Gasteiger partial charge in [0, 0.05) is 17.8 Å². The first-order valence-corrected chi connectivity index (χ1v) is 7.09. The topological polar surface area (TPSA) is 96.5 Å². The van der Waals surface area contributed by atoms with E-state index in [0.717, 1.165) is 5.56 Å². The van der Waals surface area contributed by atoms with E-state index in [1.807, 2.05) is 6.92 Å². The molecule has 116 valence electrons. The maximum Gasteiger partial charge on any atom is 0.313 e. The highest BCUT2D eigenvalue weighted by Gasteiger charge is 2.36. The first-order chi connectivity index (χ1) is 10.5. The molecule has 0 aliphatic carbocycles. The first-order valence-electron chi connectivity index (χ1n) is 7.09. The number of anilines is 1. The Kier molecular flexibility index (Phi) is 3.58. The van der Waals surface area contributed by atoms with Crippen LogP contribution < -0.4 is 16.0 Å². The summed E-state index contributed by atoms with van der Waals surface area (Å²) in [5.74, 6) is -1.54. The van der Waals surface area contributed by atoms with E-state index in [1.165, 1.54) is 0 Å². The van der Waals surface area contributed by atoms with Crippen molar-refractivity contribution in [2.24, 2.45) is 0 Å². The van der Waals surface area contributed by atoms with Crippen LogP contribution in [0.5, 0.6) is 0 Å². The van der Waals surface area contributed by atoms with Crippen molar-refractivity contribution >= 4 is 23.4 Å².